The van der Waals surface area contributed by atoms with Crippen LogP contribution in [0.4, 0.5) is 0 Å². The van der Waals surface area contributed by atoms with Gasteiger partial charge in [0.1, 0.15) is 6.04 Å². The maximum absolute atomic E-state index is 12.5. The van der Waals surface area contributed by atoms with E-state index >= 15 is 0 Å². The molecular weight excluding hydrogens is 308 g/mol. The van der Waals surface area contributed by atoms with E-state index < -0.39 is 6.04 Å². The molecular formula is C17H24N4OS. The van der Waals surface area contributed by atoms with Gasteiger partial charge in [-0.15, -0.1) is 11.8 Å². The van der Waals surface area contributed by atoms with E-state index in [0.717, 1.165) is 16.9 Å². The third-order valence-corrected chi connectivity index (χ3v) is 4.55. The van der Waals surface area contributed by atoms with Crippen LogP contribution in [-0.2, 0) is 11.8 Å². The number of nitrogens with zero attached hydrogens (tertiary/aromatic N) is 2. The molecule has 1 aromatic carbocycles. The second kappa shape index (κ2) is 8.17. The van der Waals surface area contributed by atoms with Gasteiger partial charge in [-0.1, -0.05) is 19.1 Å². The van der Waals surface area contributed by atoms with Crippen molar-refractivity contribution in [2.75, 3.05) is 12.8 Å². The highest BCUT2D eigenvalue weighted by atomic mass is 32.2. The van der Waals surface area contributed by atoms with Crippen LogP contribution in [0.1, 0.15) is 37.1 Å². The number of carbonyl (C=O) groups excluding carboxylic acids is 1. The Kier molecular flexibility index (Phi) is 6.24. The largest absolute Gasteiger partial charge is 0.348 e. The van der Waals surface area contributed by atoms with Crippen molar-refractivity contribution in [2.24, 2.45) is 7.05 Å². The fraction of sp³-hybridized carbons (Fsp3) is 0.412. The van der Waals surface area contributed by atoms with Gasteiger partial charge in [-0.25, -0.2) is 0 Å². The average molecular weight is 332 g/mol. The average Bonchev–Trinajstić information content (AvgIpc) is 2.95. The number of thioether (sulfide) groups is 1. The Morgan fingerprint density at radius 3 is 2.52 bits per heavy atom. The van der Waals surface area contributed by atoms with E-state index in [-0.39, 0.29) is 11.9 Å². The zero-order valence-corrected chi connectivity index (χ0v) is 14.9. The van der Waals surface area contributed by atoms with Crippen LogP contribution in [0.2, 0.25) is 0 Å². The molecule has 1 aromatic heterocycles. The van der Waals surface area contributed by atoms with Crippen molar-refractivity contribution in [3.8, 4) is 0 Å². The Labute approximate surface area is 141 Å². The maximum atomic E-state index is 12.5. The zero-order chi connectivity index (χ0) is 16.8. The first-order valence-electron chi connectivity index (χ1n) is 7.74. The van der Waals surface area contributed by atoms with Crippen molar-refractivity contribution in [3.63, 3.8) is 0 Å². The van der Waals surface area contributed by atoms with Gasteiger partial charge in [-0.2, -0.15) is 5.10 Å². The van der Waals surface area contributed by atoms with Crippen molar-refractivity contribution in [2.45, 2.75) is 30.8 Å². The monoisotopic (exact) mass is 332 g/mol. The normalized spacial score (nSPS) is 13.6. The molecule has 1 heterocycles. The summed E-state index contributed by atoms with van der Waals surface area (Å²) in [7, 11) is 3.62. The van der Waals surface area contributed by atoms with Gasteiger partial charge in [0.15, 0.2) is 0 Å². The molecule has 6 heteroatoms. The Morgan fingerprint density at radius 1 is 1.30 bits per heavy atom. The minimum atomic E-state index is -0.402. The van der Waals surface area contributed by atoms with Gasteiger partial charge in [0.25, 0.3) is 0 Å². The SMILES string of the molecule is CCSc1ccc(C(C)NC(=O)C(NC)c2cnn(C)c2)cc1. The fourth-order valence-corrected chi connectivity index (χ4v) is 3.10. The van der Waals surface area contributed by atoms with Crippen molar-refractivity contribution in [1.82, 2.24) is 20.4 Å². The third-order valence-electron chi connectivity index (χ3n) is 3.66. The van der Waals surface area contributed by atoms with Gasteiger partial charge in [-0.05, 0) is 37.4 Å². The van der Waals surface area contributed by atoms with Crippen LogP contribution in [0.3, 0.4) is 0 Å². The van der Waals surface area contributed by atoms with E-state index in [1.165, 1.54) is 4.90 Å². The molecule has 23 heavy (non-hydrogen) atoms. The molecule has 2 rings (SSSR count). The first kappa shape index (κ1) is 17.6. The molecule has 1 amide bonds. The molecule has 0 saturated carbocycles. The topological polar surface area (TPSA) is 59.0 Å². The summed E-state index contributed by atoms with van der Waals surface area (Å²) in [5, 5.41) is 10.2. The molecule has 0 saturated heterocycles. The van der Waals surface area contributed by atoms with E-state index in [1.54, 1.807) is 17.9 Å². The van der Waals surface area contributed by atoms with Crippen LogP contribution in [0.5, 0.6) is 0 Å². The first-order valence-corrected chi connectivity index (χ1v) is 8.72. The molecule has 0 radical (unpaired) electrons. The van der Waals surface area contributed by atoms with Crippen LogP contribution < -0.4 is 10.6 Å². The number of nitrogens with one attached hydrogen (secondary N) is 2. The highest BCUT2D eigenvalue weighted by molar-refractivity contribution is 7.99. The molecule has 0 aliphatic rings. The molecule has 0 bridgehead atoms. The first-order chi connectivity index (χ1) is 11.0. The van der Waals surface area contributed by atoms with Crippen LogP contribution in [0, 0.1) is 0 Å². The van der Waals surface area contributed by atoms with Gasteiger partial charge in [-0.3, -0.25) is 9.48 Å². The van der Waals surface area contributed by atoms with Gasteiger partial charge >= 0.3 is 0 Å². The van der Waals surface area contributed by atoms with Gasteiger partial charge in [0, 0.05) is 23.7 Å². The molecule has 0 aliphatic heterocycles. The summed E-state index contributed by atoms with van der Waals surface area (Å²) in [4.78, 5) is 13.8. The second-order valence-corrected chi connectivity index (χ2v) is 6.74. The number of carbonyl (C=O) groups is 1. The second-order valence-electron chi connectivity index (χ2n) is 5.40. The quantitative estimate of drug-likeness (QED) is 0.765. The standard InChI is InChI=1S/C17H24N4OS/c1-5-23-15-8-6-13(7-9-15)12(2)20-17(22)16(18-3)14-10-19-21(4)11-14/h6-12,16,18H,5H2,1-4H3,(H,20,22). The number of aryl methyl sites for hydroxylation is 1. The summed E-state index contributed by atoms with van der Waals surface area (Å²) >= 11 is 1.81. The summed E-state index contributed by atoms with van der Waals surface area (Å²) in [6, 6.07) is 7.89. The Hall–Kier alpha value is -1.79. The lowest BCUT2D eigenvalue weighted by Gasteiger charge is -2.19. The molecule has 5 nitrogen and oxygen atoms in total. The molecule has 2 N–H and O–H groups in total. The Bertz CT molecular complexity index is 638. The molecule has 2 unspecified atom stereocenters. The number of hydrogen-bond donors (Lipinski definition) is 2. The Morgan fingerprint density at radius 2 is 2.00 bits per heavy atom. The predicted molar refractivity (Wildman–Crippen MR) is 94.4 cm³/mol. The molecule has 0 fully saturated rings. The van der Waals surface area contributed by atoms with E-state index in [2.05, 4.69) is 46.9 Å². The number of rotatable bonds is 7. The molecule has 2 aromatic rings. The predicted octanol–water partition coefficient (Wildman–Crippen LogP) is 2.67. The summed E-state index contributed by atoms with van der Waals surface area (Å²) in [6.45, 7) is 4.13. The lowest BCUT2D eigenvalue weighted by molar-refractivity contribution is -0.123. The van der Waals surface area contributed by atoms with Gasteiger partial charge < -0.3 is 10.6 Å². The molecule has 0 spiro atoms. The number of hydrogen-bond acceptors (Lipinski definition) is 4. The third kappa shape index (κ3) is 4.59. The molecule has 0 aliphatic carbocycles. The highest BCUT2D eigenvalue weighted by Gasteiger charge is 2.21. The summed E-state index contributed by atoms with van der Waals surface area (Å²) in [6.07, 6.45) is 3.56. The van der Waals surface area contributed by atoms with E-state index in [0.29, 0.717) is 0 Å². The van der Waals surface area contributed by atoms with Crippen LogP contribution >= 0.6 is 11.8 Å². The highest BCUT2D eigenvalue weighted by Crippen LogP contribution is 2.21. The van der Waals surface area contributed by atoms with E-state index in [4.69, 9.17) is 0 Å². The lowest BCUT2D eigenvalue weighted by atomic mass is 10.1. The minimum Gasteiger partial charge on any atom is -0.348 e. The number of amides is 1. The number of likely N-dealkylation sites (N-methyl/N-ethyl adjacent to an activating group) is 1. The van der Waals surface area contributed by atoms with Crippen molar-refractivity contribution >= 4 is 17.7 Å². The number of aromatic nitrogens is 2. The Balaban J connectivity index is 2.03. The van der Waals surface area contributed by atoms with Crippen molar-refractivity contribution < 1.29 is 4.79 Å². The van der Waals surface area contributed by atoms with E-state index in [9.17, 15) is 4.79 Å². The summed E-state index contributed by atoms with van der Waals surface area (Å²) in [5.74, 6) is 1.00. The van der Waals surface area contributed by atoms with Crippen LogP contribution in [0.25, 0.3) is 0 Å². The zero-order valence-electron chi connectivity index (χ0n) is 14.0. The fourth-order valence-electron chi connectivity index (χ4n) is 2.44. The van der Waals surface area contributed by atoms with Crippen LogP contribution in [0.15, 0.2) is 41.6 Å². The number of benzene rings is 1. The van der Waals surface area contributed by atoms with Crippen LogP contribution in [-0.4, -0.2) is 28.5 Å². The maximum Gasteiger partial charge on any atom is 0.242 e. The lowest BCUT2D eigenvalue weighted by Crippen LogP contribution is -2.37. The molecule has 124 valence electrons. The molecule has 2 atom stereocenters. The summed E-state index contributed by atoms with van der Waals surface area (Å²) in [5.41, 5.74) is 1.95. The minimum absolute atomic E-state index is 0.0457. The van der Waals surface area contributed by atoms with E-state index in [1.807, 2.05) is 31.9 Å². The van der Waals surface area contributed by atoms with Gasteiger partial charge in [0.2, 0.25) is 5.91 Å². The van der Waals surface area contributed by atoms with Crippen molar-refractivity contribution in [1.29, 1.82) is 0 Å². The smallest absolute Gasteiger partial charge is 0.242 e. The van der Waals surface area contributed by atoms with Crippen molar-refractivity contribution in [3.05, 3.63) is 47.8 Å². The van der Waals surface area contributed by atoms with Gasteiger partial charge in [0.05, 0.1) is 12.2 Å². The summed E-state index contributed by atoms with van der Waals surface area (Å²) < 4.78 is 1.69.